The van der Waals surface area contributed by atoms with Crippen molar-refractivity contribution in [3.8, 4) is 5.75 Å². The van der Waals surface area contributed by atoms with Crippen LogP contribution in [0.15, 0.2) is 18.2 Å². The van der Waals surface area contributed by atoms with Crippen LogP contribution in [0.2, 0.25) is 10.0 Å². The number of phenols is 1. The molecule has 0 aliphatic heterocycles. The molecule has 1 rings (SSSR count). The van der Waals surface area contributed by atoms with E-state index >= 15 is 0 Å². The Morgan fingerprint density at radius 1 is 1.36 bits per heavy atom. The number of hydrogen-bond acceptors (Lipinski definition) is 2. The summed E-state index contributed by atoms with van der Waals surface area (Å²) in [5.41, 5.74) is 0. The van der Waals surface area contributed by atoms with Gasteiger partial charge in [-0.05, 0) is 12.1 Å². The largest absolute Gasteiger partial charge is 0.505 e. The molecule has 0 amide bonds. The molecule has 0 atom stereocenters. The first-order valence-corrected chi connectivity index (χ1v) is 4.59. The lowest BCUT2D eigenvalue weighted by Gasteiger charge is -1.95. The molecule has 0 aliphatic carbocycles. The van der Waals surface area contributed by atoms with Crippen molar-refractivity contribution in [2.45, 2.75) is 13.3 Å². The van der Waals surface area contributed by atoms with E-state index in [2.05, 4.69) is 0 Å². The monoisotopic (exact) mass is 236 g/mol. The van der Waals surface area contributed by atoms with E-state index in [9.17, 15) is 4.79 Å². The average molecular weight is 237 g/mol. The zero-order valence-electron chi connectivity index (χ0n) is 7.50. The Kier molecular flexibility index (Phi) is 6.08. The Balaban J connectivity index is 0.000000292. The molecular formula is C9H10Cl2O3. The molecule has 5 heteroatoms. The van der Waals surface area contributed by atoms with Gasteiger partial charge in [-0.25, -0.2) is 0 Å². The van der Waals surface area contributed by atoms with Gasteiger partial charge in [0, 0.05) is 6.42 Å². The normalized spacial score (nSPS) is 8.79. The molecule has 0 spiro atoms. The molecule has 0 aliphatic rings. The van der Waals surface area contributed by atoms with Gasteiger partial charge in [-0.1, -0.05) is 36.2 Å². The number of hydrogen-bond donors (Lipinski definition) is 2. The Morgan fingerprint density at radius 3 is 1.93 bits per heavy atom. The molecule has 0 saturated carbocycles. The molecule has 1 aromatic carbocycles. The smallest absolute Gasteiger partial charge is 0.303 e. The molecule has 0 bridgehead atoms. The first kappa shape index (κ1) is 13.1. The van der Waals surface area contributed by atoms with Gasteiger partial charge in [-0.3, -0.25) is 4.79 Å². The molecule has 0 unspecified atom stereocenters. The highest BCUT2D eigenvalue weighted by molar-refractivity contribution is 6.37. The van der Waals surface area contributed by atoms with Gasteiger partial charge in [-0.2, -0.15) is 0 Å². The number of aromatic hydroxyl groups is 1. The third kappa shape index (κ3) is 4.94. The Hall–Kier alpha value is -0.930. The second kappa shape index (κ2) is 6.51. The highest BCUT2D eigenvalue weighted by Crippen LogP contribution is 2.30. The predicted octanol–water partition coefficient (Wildman–Crippen LogP) is 3.18. The molecule has 78 valence electrons. The molecule has 0 aromatic heterocycles. The summed E-state index contributed by atoms with van der Waals surface area (Å²) in [6.45, 7) is 1.60. The van der Waals surface area contributed by atoms with E-state index in [-0.39, 0.29) is 22.2 Å². The number of halogens is 2. The molecule has 0 fully saturated rings. The van der Waals surface area contributed by atoms with Crippen LogP contribution in [0.4, 0.5) is 0 Å². The summed E-state index contributed by atoms with van der Waals surface area (Å²) in [7, 11) is 0. The first-order valence-electron chi connectivity index (χ1n) is 3.83. The van der Waals surface area contributed by atoms with Gasteiger partial charge in [0.25, 0.3) is 0 Å². The lowest BCUT2D eigenvalue weighted by Crippen LogP contribution is -1.86. The van der Waals surface area contributed by atoms with Crippen LogP contribution in [-0.4, -0.2) is 16.2 Å². The minimum absolute atomic E-state index is 0.0548. The van der Waals surface area contributed by atoms with Gasteiger partial charge in [0.15, 0.2) is 5.75 Å². The van der Waals surface area contributed by atoms with Crippen LogP contribution in [0, 0.1) is 0 Å². The van der Waals surface area contributed by atoms with E-state index in [1.165, 1.54) is 0 Å². The van der Waals surface area contributed by atoms with Gasteiger partial charge in [0.1, 0.15) is 0 Å². The van der Waals surface area contributed by atoms with Crippen molar-refractivity contribution in [2.75, 3.05) is 0 Å². The van der Waals surface area contributed by atoms with Crippen LogP contribution >= 0.6 is 23.2 Å². The molecule has 0 radical (unpaired) electrons. The first-order chi connectivity index (χ1) is 6.49. The quantitative estimate of drug-likeness (QED) is 0.788. The van der Waals surface area contributed by atoms with Crippen LogP contribution < -0.4 is 0 Å². The fourth-order valence-corrected chi connectivity index (χ4v) is 0.886. The maximum atomic E-state index is 9.37. The zero-order valence-corrected chi connectivity index (χ0v) is 9.01. The number of benzene rings is 1. The van der Waals surface area contributed by atoms with Crippen LogP contribution in [-0.2, 0) is 4.79 Å². The van der Waals surface area contributed by atoms with Crippen molar-refractivity contribution < 1.29 is 15.0 Å². The van der Waals surface area contributed by atoms with E-state index in [1.807, 2.05) is 0 Å². The van der Waals surface area contributed by atoms with Crippen molar-refractivity contribution in [2.24, 2.45) is 0 Å². The summed E-state index contributed by atoms with van der Waals surface area (Å²) in [6.07, 6.45) is 0.222. The number of carboxylic acids is 1. The van der Waals surface area contributed by atoms with Crippen molar-refractivity contribution >= 4 is 29.2 Å². The molecule has 0 heterocycles. The topological polar surface area (TPSA) is 57.5 Å². The average Bonchev–Trinajstić information content (AvgIpc) is 2.15. The third-order valence-electron chi connectivity index (χ3n) is 1.24. The minimum Gasteiger partial charge on any atom is -0.505 e. The van der Waals surface area contributed by atoms with E-state index in [0.717, 1.165) is 0 Å². The lowest BCUT2D eigenvalue weighted by atomic mass is 10.3. The highest BCUT2D eigenvalue weighted by Gasteiger charge is 1.99. The zero-order chi connectivity index (χ0) is 11.1. The summed E-state index contributed by atoms with van der Waals surface area (Å²) >= 11 is 11.0. The van der Waals surface area contributed by atoms with E-state index in [4.69, 9.17) is 33.4 Å². The van der Waals surface area contributed by atoms with Gasteiger partial charge in [0.05, 0.1) is 10.0 Å². The molecule has 3 nitrogen and oxygen atoms in total. The fourth-order valence-electron chi connectivity index (χ4n) is 0.489. The van der Waals surface area contributed by atoms with Crippen LogP contribution in [0.1, 0.15) is 13.3 Å². The maximum absolute atomic E-state index is 9.37. The number of rotatable bonds is 1. The van der Waals surface area contributed by atoms with Crippen LogP contribution in [0.3, 0.4) is 0 Å². The van der Waals surface area contributed by atoms with Crippen molar-refractivity contribution in [3.05, 3.63) is 28.2 Å². The fraction of sp³-hybridized carbons (Fsp3) is 0.222. The summed E-state index contributed by atoms with van der Waals surface area (Å²) in [6, 6.07) is 4.82. The second-order valence-corrected chi connectivity index (χ2v) is 3.13. The third-order valence-corrected chi connectivity index (χ3v) is 1.85. The summed E-state index contributed by atoms with van der Waals surface area (Å²) in [4.78, 5) is 9.37. The van der Waals surface area contributed by atoms with Crippen molar-refractivity contribution in [1.82, 2.24) is 0 Å². The van der Waals surface area contributed by atoms with Gasteiger partial charge >= 0.3 is 5.97 Å². The standard InChI is InChI=1S/C6H4Cl2O.C3H6O2/c7-4-2-1-3-5(8)6(4)9;1-2-3(4)5/h1-3,9H;2H2,1H3,(H,4,5). The molecule has 2 N–H and O–H groups in total. The molecular weight excluding hydrogens is 227 g/mol. The summed E-state index contributed by atoms with van der Waals surface area (Å²) in [5, 5.41) is 17.2. The molecule has 1 aromatic rings. The lowest BCUT2D eigenvalue weighted by molar-refractivity contribution is -0.136. The number of para-hydroxylation sites is 1. The number of aliphatic carboxylic acids is 1. The SMILES string of the molecule is CCC(=O)O.Oc1c(Cl)cccc1Cl. The summed E-state index contributed by atoms with van der Waals surface area (Å²) < 4.78 is 0. The summed E-state index contributed by atoms with van der Waals surface area (Å²) in [5.74, 6) is -0.800. The van der Waals surface area contributed by atoms with Gasteiger partial charge in [-0.15, -0.1) is 0 Å². The van der Waals surface area contributed by atoms with E-state index in [0.29, 0.717) is 0 Å². The van der Waals surface area contributed by atoms with Crippen molar-refractivity contribution in [1.29, 1.82) is 0 Å². The molecule has 14 heavy (non-hydrogen) atoms. The van der Waals surface area contributed by atoms with E-state index in [1.54, 1.807) is 25.1 Å². The highest BCUT2D eigenvalue weighted by atomic mass is 35.5. The van der Waals surface area contributed by atoms with Crippen molar-refractivity contribution in [3.63, 3.8) is 0 Å². The van der Waals surface area contributed by atoms with Crippen LogP contribution in [0.5, 0.6) is 5.75 Å². The maximum Gasteiger partial charge on any atom is 0.303 e. The Labute approximate surface area is 91.9 Å². The number of carbonyl (C=O) groups is 1. The molecule has 0 saturated heterocycles. The predicted molar refractivity (Wildman–Crippen MR) is 56.1 cm³/mol. The van der Waals surface area contributed by atoms with Gasteiger partial charge in [0.2, 0.25) is 0 Å². The Bertz CT molecular complexity index is 293. The number of phenolic OH excluding ortho intramolecular Hbond substituents is 1. The van der Waals surface area contributed by atoms with E-state index < -0.39 is 5.97 Å². The minimum atomic E-state index is -0.745. The van der Waals surface area contributed by atoms with Gasteiger partial charge < -0.3 is 10.2 Å². The Morgan fingerprint density at radius 2 is 1.71 bits per heavy atom. The second-order valence-electron chi connectivity index (χ2n) is 2.32. The number of carboxylic acid groups (broad SMARTS) is 1. The van der Waals surface area contributed by atoms with Crippen LogP contribution in [0.25, 0.3) is 0 Å².